The molecule has 0 saturated heterocycles. The minimum absolute atomic E-state index is 0.0322. The molecule has 1 unspecified atom stereocenters. The van der Waals surface area contributed by atoms with Crippen LogP contribution in [0.2, 0.25) is 0 Å². The number of amides is 2. The molecule has 0 radical (unpaired) electrons. The molecule has 1 atom stereocenters. The summed E-state index contributed by atoms with van der Waals surface area (Å²) in [6.07, 6.45) is 3.33. The fourth-order valence-corrected chi connectivity index (χ4v) is 2.13. The van der Waals surface area contributed by atoms with Gasteiger partial charge in [0, 0.05) is 6.54 Å². The van der Waals surface area contributed by atoms with E-state index in [0.29, 0.717) is 6.61 Å². The van der Waals surface area contributed by atoms with Gasteiger partial charge in [0.05, 0.1) is 6.04 Å². The van der Waals surface area contributed by atoms with Gasteiger partial charge in [-0.3, -0.25) is 0 Å². The van der Waals surface area contributed by atoms with Gasteiger partial charge in [0.1, 0.15) is 12.4 Å². The van der Waals surface area contributed by atoms with Crippen LogP contribution in [-0.2, 0) is 0 Å². The number of hydrogen-bond donors (Lipinski definition) is 2. The first-order chi connectivity index (χ1) is 10.0. The van der Waals surface area contributed by atoms with Crippen LogP contribution in [0.25, 0.3) is 0 Å². The van der Waals surface area contributed by atoms with Gasteiger partial charge in [-0.25, -0.2) is 4.79 Å². The largest absolute Gasteiger partial charge is 0.491 e. The summed E-state index contributed by atoms with van der Waals surface area (Å²) < 4.78 is 5.83. The van der Waals surface area contributed by atoms with Crippen LogP contribution in [0.5, 0.6) is 5.75 Å². The van der Waals surface area contributed by atoms with Gasteiger partial charge in [-0.15, -0.1) is 0 Å². The second-order valence-corrected chi connectivity index (χ2v) is 5.54. The summed E-state index contributed by atoms with van der Waals surface area (Å²) in [5, 5.41) is 5.75. The Kier molecular flexibility index (Phi) is 7.65. The van der Waals surface area contributed by atoms with Crippen LogP contribution in [0.4, 0.5) is 4.79 Å². The Morgan fingerprint density at radius 3 is 2.52 bits per heavy atom. The zero-order chi connectivity index (χ0) is 15.7. The highest BCUT2D eigenvalue weighted by molar-refractivity contribution is 5.74. The molecule has 0 heterocycles. The van der Waals surface area contributed by atoms with Crippen molar-refractivity contribution in [2.24, 2.45) is 0 Å². The number of para-hydroxylation sites is 1. The normalized spacial score (nSPS) is 11.8. The van der Waals surface area contributed by atoms with Crippen LogP contribution in [0.15, 0.2) is 18.2 Å². The maximum absolute atomic E-state index is 11.7. The van der Waals surface area contributed by atoms with Crippen molar-refractivity contribution in [1.82, 2.24) is 10.6 Å². The molecule has 0 fully saturated rings. The second kappa shape index (κ2) is 9.27. The molecule has 1 aromatic rings. The molecule has 4 nitrogen and oxygen atoms in total. The Bertz CT molecular complexity index is 426. The topological polar surface area (TPSA) is 50.4 Å². The van der Waals surface area contributed by atoms with Crippen molar-refractivity contribution in [2.45, 2.75) is 53.0 Å². The summed E-state index contributed by atoms with van der Waals surface area (Å²) in [6.45, 7) is 9.34. The predicted molar refractivity (Wildman–Crippen MR) is 86.9 cm³/mol. The highest BCUT2D eigenvalue weighted by Crippen LogP contribution is 2.22. The lowest BCUT2D eigenvalue weighted by atomic mass is 10.1. The van der Waals surface area contributed by atoms with Gasteiger partial charge in [-0.05, 0) is 38.3 Å². The van der Waals surface area contributed by atoms with Crippen molar-refractivity contribution in [3.05, 3.63) is 29.3 Å². The van der Waals surface area contributed by atoms with Gasteiger partial charge in [0.25, 0.3) is 0 Å². The first-order valence-electron chi connectivity index (χ1n) is 7.78. The van der Waals surface area contributed by atoms with E-state index in [4.69, 9.17) is 4.74 Å². The molecule has 2 N–H and O–H groups in total. The Balaban J connectivity index is 2.30. The molecule has 0 bridgehead atoms. The predicted octanol–water partition coefficient (Wildman–Crippen LogP) is 3.56. The number of benzene rings is 1. The van der Waals surface area contributed by atoms with E-state index in [9.17, 15) is 4.79 Å². The van der Waals surface area contributed by atoms with Crippen molar-refractivity contribution < 1.29 is 9.53 Å². The molecule has 0 spiro atoms. The van der Waals surface area contributed by atoms with E-state index < -0.39 is 0 Å². The lowest BCUT2D eigenvalue weighted by Gasteiger charge is -2.17. The van der Waals surface area contributed by atoms with Crippen LogP contribution in [0.1, 0.15) is 44.2 Å². The van der Waals surface area contributed by atoms with Gasteiger partial charge < -0.3 is 15.4 Å². The van der Waals surface area contributed by atoms with E-state index in [-0.39, 0.29) is 12.1 Å². The van der Waals surface area contributed by atoms with Crippen LogP contribution in [-0.4, -0.2) is 25.2 Å². The van der Waals surface area contributed by atoms with Crippen molar-refractivity contribution in [2.75, 3.05) is 13.2 Å². The van der Waals surface area contributed by atoms with E-state index in [2.05, 4.69) is 17.6 Å². The van der Waals surface area contributed by atoms with E-state index >= 15 is 0 Å². The number of aryl methyl sites for hydroxylation is 2. The highest BCUT2D eigenvalue weighted by atomic mass is 16.5. The SMILES string of the molecule is CCCCCNC(=O)NC(C)COc1c(C)cccc1C. The standard InChI is InChI=1S/C17H28N2O2/c1-5-6-7-11-18-17(20)19-15(4)12-21-16-13(2)9-8-10-14(16)3/h8-10,15H,5-7,11-12H2,1-4H3,(H2,18,19,20). The monoisotopic (exact) mass is 292 g/mol. The van der Waals surface area contributed by atoms with Gasteiger partial charge >= 0.3 is 6.03 Å². The smallest absolute Gasteiger partial charge is 0.315 e. The average Bonchev–Trinajstić information content (AvgIpc) is 2.43. The molecular formula is C17H28N2O2. The lowest BCUT2D eigenvalue weighted by molar-refractivity contribution is 0.226. The molecule has 1 rings (SSSR count). The molecule has 2 amide bonds. The van der Waals surface area contributed by atoms with E-state index in [1.165, 1.54) is 0 Å². The molecular weight excluding hydrogens is 264 g/mol. The molecule has 0 aromatic heterocycles. The van der Waals surface area contributed by atoms with Gasteiger partial charge in [-0.2, -0.15) is 0 Å². The second-order valence-electron chi connectivity index (χ2n) is 5.54. The van der Waals surface area contributed by atoms with Crippen LogP contribution >= 0.6 is 0 Å². The van der Waals surface area contributed by atoms with Crippen molar-refractivity contribution in [3.63, 3.8) is 0 Å². The average molecular weight is 292 g/mol. The molecule has 0 aliphatic heterocycles. The van der Waals surface area contributed by atoms with Gasteiger partial charge in [0.2, 0.25) is 0 Å². The Morgan fingerprint density at radius 2 is 1.90 bits per heavy atom. The maximum atomic E-state index is 11.7. The van der Waals surface area contributed by atoms with Crippen LogP contribution in [0.3, 0.4) is 0 Å². The van der Waals surface area contributed by atoms with Crippen LogP contribution < -0.4 is 15.4 Å². The molecule has 0 saturated carbocycles. The number of urea groups is 1. The fourth-order valence-electron chi connectivity index (χ4n) is 2.13. The molecule has 0 aliphatic carbocycles. The molecule has 0 aliphatic rings. The van der Waals surface area contributed by atoms with Crippen molar-refractivity contribution >= 4 is 6.03 Å². The molecule has 21 heavy (non-hydrogen) atoms. The number of carbonyl (C=O) groups excluding carboxylic acids is 1. The Hall–Kier alpha value is -1.71. The molecule has 4 heteroatoms. The Labute approximate surface area is 128 Å². The number of ether oxygens (including phenoxy) is 1. The number of unbranched alkanes of at least 4 members (excludes halogenated alkanes) is 2. The fraction of sp³-hybridized carbons (Fsp3) is 0.588. The summed E-state index contributed by atoms with van der Waals surface area (Å²) in [7, 11) is 0. The maximum Gasteiger partial charge on any atom is 0.315 e. The summed E-state index contributed by atoms with van der Waals surface area (Å²) in [5.41, 5.74) is 2.23. The third-order valence-electron chi connectivity index (χ3n) is 3.33. The Morgan fingerprint density at radius 1 is 1.24 bits per heavy atom. The molecule has 118 valence electrons. The zero-order valence-electron chi connectivity index (χ0n) is 13.7. The minimum Gasteiger partial charge on any atom is -0.491 e. The van der Waals surface area contributed by atoms with Crippen LogP contribution in [0, 0.1) is 13.8 Å². The summed E-state index contributed by atoms with van der Waals surface area (Å²) in [5.74, 6) is 0.912. The minimum atomic E-state index is -0.122. The summed E-state index contributed by atoms with van der Waals surface area (Å²) in [4.78, 5) is 11.7. The highest BCUT2D eigenvalue weighted by Gasteiger charge is 2.09. The number of nitrogens with one attached hydrogen (secondary N) is 2. The summed E-state index contributed by atoms with van der Waals surface area (Å²) >= 11 is 0. The van der Waals surface area contributed by atoms with E-state index in [1.807, 2.05) is 39.0 Å². The first kappa shape index (κ1) is 17.3. The summed E-state index contributed by atoms with van der Waals surface area (Å²) in [6, 6.07) is 5.92. The first-order valence-corrected chi connectivity index (χ1v) is 7.78. The van der Waals surface area contributed by atoms with Crippen molar-refractivity contribution in [3.8, 4) is 5.75 Å². The quantitative estimate of drug-likeness (QED) is 0.720. The third kappa shape index (κ3) is 6.52. The number of hydrogen-bond acceptors (Lipinski definition) is 2. The van der Waals surface area contributed by atoms with E-state index in [0.717, 1.165) is 42.7 Å². The van der Waals surface area contributed by atoms with Crippen molar-refractivity contribution in [1.29, 1.82) is 0 Å². The van der Waals surface area contributed by atoms with E-state index in [1.54, 1.807) is 0 Å². The van der Waals surface area contributed by atoms with Gasteiger partial charge in [-0.1, -0.05) is 38.0 Å². The molecule has 1 aromatic carbocycles. The third-order valence-corrected chi connectivity index (χ3v) is 3.33. The number of carbonyl (C=O) groups is 1. The number of rotatable bonds is 8. The lowest BCUT2D eigenvalue weighted by Crippen LogP contribution is -2.43. The zero-order valence-corrected chi connectivity index (χ0v) is 13.7. The van der Waals surface area contributed by atoms with Gasteiger partial charge in [0.15, 0.2) is 0 Å².